The van der Waals surface area contributed by atoms with Crippen molar-refractivity contribution in [3.63, 3.8) is 0 Å². The molecule has 5 nitrogen and oxygen atoms in total. The highest BCUT2D eigenvalue weighted by atomic mass is 32.2. The van der Waals surface area contributed by atoms with Gasteiger partial charge in [0.05, 0.1) is 11.3 Å². The fraction of sp³-hybridized carbons (Fsp3) is 0.235. The summed E-state index contributed by atoms with van der Waals surface area (Å²) >= 11 is 3.22. The lowest BCUT2D eigenvalue weighted by Crippen LogP contribution is -2.07. The van der Waals surface area contributed by atoms with Crippen molar-refractivity contribution in [1.29, 1.82) is 0 Å². The summed E-state index contributed by atoms with van der Waals surface area (Å²) < 4.78 is 11.4. The maximum absolute atomic E-state index is 12.4. The number of hydrogen-bond donors (Lipinski definition) is 0. The van der Waals surface area contributed by atoms with Gasteiger partial charge >= 0.3 is 5.97 Å². The molecule has 0 atom stereocenters. The summed E-state index contributed by atoms with van der Waals surface area (Å²) in [5, 5.41) is 5.79. The highest BCUT2D eigenvalue weighted by Gasteiger charge is 2.14. The van der Waals surface area contributed by atoms with Gasteiger partial charge in [0, 0.05) is 22.9 Å². The van der Waals surface area contributed by atoms with Crippen molar-refractivity contribution in [1.82, 2.24) is 10.1 Å². The number of thioether (sulfide) groups is 1. The minimum absolute atomic E-state index is 0.0762. The van der Waals surface area contributed by atoms with Crippen LogP contribution in [0.5, 0.6) is 0 Å². The van der Waals surface area contributed by atoms with Crippen molar-refractivity contribution in [3.05, 3.63) is 64.0 Å². The summed E-state index contributed by atoms with van der Waals surface area (Å²) in [5.74, 6) is 0.834. The topological polar surface area (TPSA) is 65.2 Å². The number of carbonyl (C=O) groups is 1. The van der Waals surface area contributed by atoms with Crippen LogP contribution in [0.15, 0.2) is 44.6 Å². The number of benzene rings is 1. The second-order valence-electron chi connectivity index (χ2n) is 5.21. The normalized spacial score (nSPS) is 10.8. The molecule has 0 radical (unpaired) electrons. The number of hydrogen-bond acceptors (Lipinski definition) is 7. The first-order valence-electron chi connectivity index (χ1n) is 7.34. The van der Waals surface area contributed by atoms with Crippen LogP contribution in [0.3, 0.4) is 0 Å². The quantitative estimate of drug-likeness (QED) is 0.479. The lowest BCUT2D eigenvalue weighted by atomic mass is 10.1. The van der Waals surface area contributed by atoms with Crippen molar-refractivity contribution < 1.29 is 14.1 Å². The molecule has 0 aliphatic rings. The fourth-order valence-electron chi connectivity index (χ4n) is 2.08. The minimum Gasteiger partial charge on any atom is -0.454 e. The van der Waals surface area contributed by atoms with E-state index < -0.39 is 0 Å². The average molecular weight is 360 g/mol. The van der Waals surface area contributed by atoms with E-state index in [0.29, 0.717) is 17.1 Å². The van der Waals surface area contributed by atoms with Crippen molar-refractivity contribution in [2.45, 2.75) is 30.5 Å². The Morgan fingerprint density at radius 2 is 2.12 bits per heavy atom. The van der Waals surface area contributed by atoms with Crippen LogP contribution in [-0.4, -0.2) is 16.1 Å². The van der Waals surface area contributed by atoms with Crippen LogP contribution in [-0.2, 0) is 17.1 Å². The first-order chi connectivity index (χ1) is 11.6. The predicted octanol–water partition coefficient (Wildman–Crippen LogP) is 4.40. The second-order valence-corrected chi connectivity index (χ2v) is 7.29. The Kier molecular flexibility index (Phi) is 5.32. The Hall–Kier alpha value is -2.12. The number of aryl methyl sites for hydroxylation is 2. The van der Waals surface area contributed by atoms with E-state index in [1.165, 1.54) is 0 Å². The molecule has 2 aromatic heterocycles. The number of rotatable bonds is 6. The van der Waals surface area contributed by atoms with Gasteiger partial charge in [-0.25, -0.2) is 9.78 Å². The number of carbonyl (C=O) groups excluding carboxylic acids is 1. The van der Waals surface area contributed by atoms with Crippen molar-refractivity contribution >= 4 is 29.1 Å². The summed E-state index contributed by atoms with van der Waals surface area (Å²) in [5.41, 5.74) is 3.26. The molecule has 124 valence electrons. The van der Waals surface area contributed by atoms with Gasteiger partial charge in [0.15, 0.2) is 12.4 Å². The van der Waals surface area contributed by atoms with Crippen molar-refractivity contribution in [2.24, 2.45) is 0 Å². The summed E-state index contributed by atoms with van der Waals surface area (Å²) in [7, 11) is 0. The van der Waals surface area contributed by atoms with Crippen LogP contribution in [0, 0.1) is 13.8 Å². The van der Waals surface area contributed by atoms with Crippen molar-refractivity contribution in [2.75, 3.05) is 0 Å². The summed E-state index contributed by atoms with van der Waals surface area (Å²) in [4.78, 5) is 16.8. The van der Waals surface area contributed by atoms with Gasteiger partial charge in [-0.2, -0.15) is 0 Å². The van der Waals surface area contributed by atoms with Crippen LogP contribution in [0.25, 0.3) is 0 Å². The monoisotopic (exact) mass is 360 g/mol. The van der Waals surface area contributed by atoms with Gasteiger partial charge in [0.1, 0.15) is 4.34 Å². The van der Waals surface area contributed by atoms with E-state index in [4.69, 9.17) is 9.26 Å². The Morgan fingerprint density at radius 3 is 2.83 bits per heavy atom. The standard InChI is InChI=1S/C17H16N2O3S2/c1-11-7-14(22-19-11)8-21-16(20)15-6-4-3-5-13(15)10-24-17-18-12(2)9-23-17/h3-7,9H,8,10H2,1-2H3. The van der Waals surface area contributed by atoms with Crippen molar-refractivity contribution in [3.8, 4) is 0 Å². The SMILES string of the molecule is Cc1cc(COC(=O)c2ccccc2CSc2nc(C)cs2)on1. The van der Waals surface area contributed by atoms with Gasteiger partial charge in [0.25, 0.3) is 0 Å². The molecule has 7 heteroatoms. The molecule has 0 saturated heterocycles. The van der Waals surface area contributed by atoms with E-state index in [1.54, 1.807) is 35.2 Å². The highest BCUT2D eigenvalue weighted by Crippen LogP contribution is 2.27. The Morgan fingerprint density at radius 1 is 1.29 bits per heavy atom. The molecule has 0 saturated carbocycles. The molecule has 0 unspecified atom stereocenters. The Balaban J connectivity index is 1.65. The zero-order chi connectivity index (χ0) is 16.9. The van der Waals surface area contributed by atoms with Gasteiger partial charge in [-0.1, -0.05) is 35.1 Å². The van der Waals surface area contributed by atoms with E-state index in [-0.39, 0.29) is 12.6 Å². The van der Waals surface area contributed by atoms with Gasteiger partial charge in [-0.05, 0) is 25.5 Å². The maximum Gasteiger partial charge on any atom is 0.338 e. The molecule has 24 heavy (non-hydrogen) atoms. The van der Waals surface area contributed by atoms with E-state index in [1.807, 2.05) is 37.4 Å². The third-order valence-electron chi connectivity index (χ3n) is 3.21. The molecular weight excluding hydrogens is 344 g/mol. The maximum atomic E-state index is 12.4. The minimum atomic E-state index is -0.365. The fourth-order valence-corrected chi connectivity index (χ4v) is 3.94. The summed E-state index contributed by atoms with van der Waals surface area (Å²) in [6, 6.07) is 9.20. The van der Waals surface area contributed by atoms with Gasteiger partial charge < -0.3 is 9.26 Å². The second kappa shape index (κ2) is 7.63. The molecule has 0 N–H and O–H groups in total. The smallest absolute Gasteiger partial charge is 0.338 e. The van der Waals surface area contributed by atoms with E-state index >= 15 is 0 Å². The largest absolute Gasteiger partial charge is 0.454 e. The van der Waals surface area contributed by atoms with Crippen LogP contribution in [0.2, 0.25) is 0 Å². The van der Waals surface area contributed by atoms with Crippen LogP contribution >= 0.6 is 23.1 Å². The molecule has 0 bridgehead atoms. The molecule has 0 spiro atoms. The molecule has 0 amide bonds. The number of ether oxygens (including phenoxy) is 1. The highest BCUT2D eigenvalue weighted by molar-refractivity contribution is 8.00. The molecular formula is C17H16N2O3S2. The van der Waals surface area contributed by atoms with Gasteiger partial charge in [0.2, 0.25) is 0 Å². The van der Waals surface area contributed by atoms with Crippen LogP contribution in [0.1, 0.15) is 33.1 Å². The number of esters is 1. The third-order valence-corrected chi connectivity index (χ3v) is 5.40. The molecule has 3 rings (SSSR count). The molecule has 2 heterocycles. The van der Waals surface area contributed by atoms with Crippen LogP contribution in [0.4, 0.5) is 0 Å². The van der Waals surface area contributed by atoms with Crippen LogP contribution < -0.4 is 0 Å². The molecule has 1 aromatic carbocycles. The first kappa shape index (κ1) is 16.7. The third kappa shape index (κ3) is 4.24. The summed E-state index contributed by atoms with van der Waals surface area (Å²) in [6.45, 7) is 3.87. The number of thiazole rings is 1. The Bertz CT molecular complexity index is 842. The number of aromatic nitrogens is 2. The molecule has 0 aliphatic carbocycles. The van der Waals surface area contributed by atoms with Gasteiger partial charge in [-0.3, -0.25) is 0 Å². The number of nitrogens with zero attached hydrogens (tertiary/aromatic N) is 2. The lowest BCUT2D eigenvalue weighted by Gasteiger charge is -2.08. The van der Waals surface area contributed by atoms with Gasteiger partial charge in [-0.15, -0.1) is 11.3 Å². The van der Waals surface area contributed by atoms with E-state index in [0.717, 1.165) is 21.3 Å². The lowest BCUT2D eigenvalue weighted by molar-refractivity contribution is 0.0436. The predicted molar refractivity (Wildman–Crippen MR) is 93.2 cm³/mol. The van der Waals surface area contributed by atoms with E-state index in [2.05, 4.69) is 10.1 Å². The average Bonchev–Trinajstić information content (AvgIpc) is 3.19. The molecule has 0 aliphatic heterocycles. The molecule has 0 fully saturated rings. The zero-order valence-electron chi connectivity index (χ0n) is 13.3. The first-order valence-corrected chi connectivity index (χ1v) is 9.20. The Labute approximate surface area is 148 Å². The zero-order valence-corrected chi connectivity index (χ0v) is 14.9. The molecule has 3 aromatic rings. The van der Waals surface area contributed by atoms with E-state index in [9.17, 15) is 4.79 Å². The summed E-state index contributed by atoms with van der Waals surface area (Å²) in [6.07, 6.45) is 0.